The minimum absolute atomic E-state index is 0.254. The second-order valence-electron chi connectivity index (χ2n) is 9.86. The number of hydrogen-bond acceptors (Lipinski definition) is 6. The van der Waals surface area contributed by atoms with E-state index in [2.05, 4.69) is 10.7 Å². The van der Waals surface area contributed by atoms with Crippen LogP contribution in [0.2, 0.25) is 0 Å². The van der Waals surface area contributed by atoms with Crippen molar-refractivity contribution in [1.29, 1.82) is 0 Å². The standard InChI is InChI=1S/C25H18FNO4.C4H10O.CH5N/c1-13-18(11-21(29)30)23(16-3-2-14(12-28)10-19(16)24(13)26)17-4-5-20-22-15(7-9-31-20)6-8-27-25(17)22;1-4(2,3)5;1-2/h2-6,8,10,12H,7,9,11H2,1H3,(H,29,30);5H,1-3H3;2H2,1H3. The number of carbonyl (C=O) groups is 2. The van der Waals surface area contributed by atoms with Crippen LogP contribution < -0.4 is 10.5 Å². The fourth-order valence-electron chi connectivity index (χ4n) is 4.50. The molecule has 0 radical (unpaired) electrons. The number of benzene rings is 3. The second kappa shape index (κ2) is 11.7. The Morgan fingerprint density at radius 3 is 2.47 bits per heavy atom. The number of aliphatic hydroxyl groups is 1. The van der Waals surface area contributed by atoms with E-state index in [1.807, 2.05) is 18.2 Å². The maximum atomic E-state index is 15.3. The highest BCUT2D eigenvalue weighted by molar-refractivity contribution is 6.09. The van der Waals surface area contributed by atoms with Crippen LogP contribution in [-0.4, -0.2) is 46.7 Å². The summed E-state index contributed by atoms with van der Waals surface area (Å²) in [7, 11) is 1.50. The van der Waals surface area contributed by atoms with Gasteiger partial charge in [0.25, 0.3) is 0 Å². The first-order valence-corrected chi connectivity index (χ1v) is 12.2. The van der Waals surface area contributed by atoms with Crippen molar-refractivity contribution >= 4 is 33.9 Å². The number of nitrogens with two attached hydrogens (primary N) is 1. The number of ether oxygens (including phenoxy) is 1. The molecule has 0 fully saturated rings. The van der Waals surface area contributed by atoms with E-state index < -0.39 is 17.4 Å². The number of aromatic nitrogens is 1. The van der Waals surface area contributed by atoms with Gasteiger partial charge in [-0.3, -0.25) is 14.6 Å². The molecule has 0 spiro atoms. The molecule has 4 N–H and O–H groups in total. The van der Waals surface area contributed by atoms with Crippen LogP contribution in [0.25, 0.3) is 32.8 Å². The number of carboxylic acid groups (broad SMARTS) is 1. The number of fused-ring (bicyclic) bond motifs is 1. The zero-order chi connectivity index (χ0) is 28.2. The summed E-state index contributed by atoms with van der Waals surface area (Å²) < 4.78 is 21.1. The maximum absolute atomic E-state index is 15.3. The Hall–Kier alpha value is -3.88. The summed E-state index contributed by atoms with van der Waals surface area (Å²) >= 11 is 0. The van der Waals surface area contributed by atoms with Crippen molar-refractivity contribution in [2.24, 2.45) is 5.73 Å². The average molecular weight is 521 g/mol. The summed E-state index contributed by atoms with van der Waals surface area (Å²) in [5.74, 6) is -0.830. The van der Waals surface area contributed by atoms with Gasteiger partial charge in [0.1, 0.15) is 17.9 Å². The summed E-state index contributed by atoms with van der Waals surface area (Å²) in [6.07, 6.45) is 2.82. The van der Waals surface area contributed by atoms with Gasteiger partial charge in [-0.2, -0.15) is 0 Å². The quantitative estimate of drug-likeness (QED) is 0.315. The van der Waals surface area contributed by atoms with Crippen molar-refractivity contribution in [1.82, 2.24) is 4.98 Å². The van der Waals surface area contributed by atoms with E-state index in [-0.39, 0.29) is 17.4 Å². The summed E-state index contributed by atoms with van der Waals surface area (Å²) in [4.78, 5) is 27.6. The first-order valence-electron chi connectivity index (χ1n) is 12.2. The van der Waals surface area contributed by atoms with Gasteiger partial charge in [-0.05, 0) is 86.6 Å². The monoisotopic (exact) mass is 520 g/mol. The molecule has 1 aliphatic heterocycles. The number of nitrogens with zero attached hydrogens (tertiary/aromatic N) is 1. The third-order valence-electron chi connectivity index (χ3n) is 5.94. The Labute approximate surface area is 221 Å². The summed E-state index contributed by atoms with van der Waals surface area (Å²) in [5, 5.41) is 19.8. The molecule has 1 aromatic heterocycles. The molecule has 2 heterocycles. The number of aldehydes is 1. The molecule has 0 saturated carbocycles. The normalized spacial score (nSPS) is 12.1. The van der Waals surface area contributed by atoms with E-state index in [1.165, 1.54) is 13.1 Å². The molecule has 0 unspecified atom stereocenters. The first-order chi connectivity index (χ1) is 18.0. The van der Waals surface area contributed by atoms with Crippen molar-refractivity contribution in [3.63, 3.8) is 0 Å². The SMILES string of the molecule is CC(C)(C)O.CN.Cc1c(CC(=O)O)c(-c2ccc3c4c(ccnc24)CCO3)c2ccc(C=O)cc2c1F. The van der Waals surface area contributed by atoms with Crippen LogP contribution in [0, 0.1) is 12.7 Å². The number of aliphatic carboxylic acids is 1. The molecule has 0 aliphatic carbocycles. The van der Waals surface area contributed by atoms with Crippen molar-refractivity contribution in [3.8, 4) is 16.9 Å². The van der Waals surface area contributed by atoms with E-state index in [0.717, 1.165) is 23.1 Å². The van der Waals surface area contributed by atoms with E-state index >= 15 is 4.39 Å². The molecule has 0 bridgehead atoms. The maximum Gasteiger partial charge on any atom is 0.307 e. The van der Waals surface area contributed by atoms with Crippen LogP contribution in [0.3, 0.4) is 0 Å². The molecule has 0 saturated heterocycles. The lowest BCUT2D eigenvalue weighted by Gasteiger charge is -2.22. The number of carbonyl (C=O) groups excluding carboxylic acids is 1. The average Bonchev–Trinajstić information content (AvgIpc) is 2.88. The van der Waals surface area contributed by atoms with Crippen molar-refractivity contribution in [3.05, 3.63) is 70.7 Å². The minimum atomic E-state index is -1.05. The van der Waals surface area contributed by atoms with Gasteiger partial charge in [0.2, 0.25) is 0 Å². The zero-order valence-electron chi connectivity index (χ0n) is 22.3. The Morgan fingerprint density at radius 1 is 1.16 bits per heavy atom. The number of halogens is 1. The van der Waals surface area contributed by atoms with Crippen molar-refractivity contribution in [2.75, 3.05) is 13.7 Å². The molecule has 3 aromatic carbocycles. The Bertz CT molecular complexity index is 1490. The lowest BCUT2D eigenvalue weighted by molar-refractivity contribution is -0.136. The summed E-state index contributed by atoms with van der Waals surface area (Å²) in [6, 6.07) is 10.5. The van der Waals surface area contributed by atoms with Crippen LogP contribution in [-0.2, 0) is 17.6 Å². The highest BCUT2D eigenvalue weighted by Gasteiger charge is 2.24. The third-order valence-corrected chi connectivity index (χ3v) is 5.94. The van der Waals surface area contributed by atoms with Crippen LogP contribution >= 0.6 is 0 Å². The molecular formula is C30H33FN2O5. The number of pyridine rings is 1. The molecule has 1 aliphatic rings. The molecule has 5 rings (SSSR count). The Morgan fingerprint density at radius 2 is 1.84 bits per heavy atom. The van der Waals surface area contributed by atoms with Gasteiger partial charge >= 0.3 is 5.97 Å². The fourth-order valence-corrected chi connectivity index (χ4v) is 4.50. The van der Waals surface area contributed by atoms with E-state index in [9.17, 15) is 14.7 Å². The topological polar surface area (TPSA) is 123 Å². The summed E-state index contributed by atoms with van der Waals surface area (Å²) in [5.41, 5.74) is 8.14. The van der Waals surface area contributed by atoms with Gasteiger partial charge in [0, 0.05) is 34.5 Å². The highest BCUT2D eigenvalue weighted by atomic mass is 19.1. The van der Waals surface area contributed by atoms with E-state index in [4.69, 9.17) is 9.84 Å². The zero-order valence-corrected chi connectivity index (χ0v) is 22.3. The molecule has 4 aromatic rings. The Kier molecular flexibility index (Phi) is 8.81. The predicted octanol–water partition coefficient (Wildman–Crippen LogP) is 5.23. The van der Waals surface area contributed by atoms with E-state index in [1.54, 1.807) is 46.0 Å². The predicted molar refractivity (Wildman–Crippen MR) is 147 cm³/mol. The Balaban J connectivity index is 0.000000515. The smallest absolute Gasteiger partial charge is 0.307 e. The molecule has 0 atom stereocenters. The molecule has 38 heavy (non-hydrogen) atoms. The van der Waals surface area contributed by atoms with E-state index in [0.29, 0.717) is 46.0 Å². The van der Waals surface area contributed by atoms with Crippen molar-refractivity contribution in [2.45, 2.75) is 46.1 Å². The fraction of sp³-hybridized carbons (Fsp3) is 0.300. The molecule has 200 valence electrons. The van der Waals surface area contributed by atoms with Gasteiger partial charge in [-0.1, -0.05) is 12.1 Å². The van der Waals surface area contributed by atoms with Crippen LogP contribution in [0.1, 0.15) is 47.8 Å². The van der Waals surface area contributed by atoms with Gasteiger partial charge in [0.15, 0.2) is 0 Å². The lowest BCUT2D eigenvalue weighted by Crippen LogP contribution is -2.10. The van der Waals surface area contributed by atoms with Crippen LogP contribution in [0.15, 0.2) is 42.6 Å². The molecule has 0 amide bonds. The van der Waals surface area contributed by atoms with Crippen LogP contribution in [0.4, 0.5) is 4.39 Å². The van der Waals surface area contributed by atoms with Gasteiger partial charge < -0.3 is 20.7 Å². The van der Waals surface area contributed by atoms with Gasteiger partial charge in [-0.25, -0.2) is 4.39 Å². The number of rotatable bonds is 4. The first kappa shape index (κ1) is 28.7. The van der Waals surface area contributed by atoms with Gasteiger partial charge in [0.05, 0.1) is 24.1 Å². The highest BCUT2D eigenvalue weighted by Crippen LogP contribution is 2.43. The number of hydrogen-bond donors (Lipinski definition) is 3. The molecule has 7 nitrogen and oxygen atoms in total. The van der Waals surface area contributed by atoms with Gasteiger partial charge in [-0.15, -0.1) is 0 Å². The lowest BCUT2D eigenvalue weighted by atomic mass is 9.86. The third kappa shape index (κ3) is 5.98. The summed E-state index contributed by atoms with van der Waals surface area (Å²) in [6.45, 7) is 7.39. The molecular weight excluding hydrogens is 487 g/mol. The van der Waals surface area contributed by atoms with Crippen molar-refractivity contribution < 1.29 is 28.9 Å². The largest absolute Gasteiger partial charge is 0.493 e. The molecule has 8 heteroatoms. The number of carboxylic acids is 1. The van der Waals surface area contributed by atoms with Crippen LogP contribution in [0.5, 0.6) is 5.75 Å². The second-order valence-corrected chi connectivity index (χ2v) is 9.86. The minimum Gasteiger partial charge on any atom is -0.493 e.